The van der Waals surface area contributed by atoms with E-state index in [9.17, 15) is 19.2 Å². The Hall–Kier alpha value is -2.90. The zero-order chi connectivity index (χ0) is 19.3. The van der Waals surface area contributed by atoms with E-state index in [0.29, 0.717) is 5.69 Å². The average molecular weight is 361 g/mol. The number of carboxylic acid groups (broad SMARTS) is 1. The molecule has 1 fully saturated rings. The minimum atomic E-state index is -1.08. The minimum Gasteiger partial charge on any atom is -0.481 e. The molecule has 2 rings (SSSR count). The monoisotopic (exact) mass is 361 g/mol. The Bertz CT molecular complexity index is 732. The molecule has 1 aliphatic heterocycles. The summed E-state index contributed by atoms with van der Waals surface area (Å²) >= 11 is 0. The van der Waals surface area contributed by atoms with Crippen LogP contribution in [-0.2, 0) is 19.2 Å². The Morgan fingerprint density at radius 1 is 1.27 bits per heavy atom. The molecule has 0 radical (unpaired) electrons. The fourth-order valence-corrected chi connectivity index (χ4v) is 2.90. The first kappa shape index (κ1) is 19.4. The van der Waals surface area contributed by atoms with Crippen LogP contribution in [0, 0.1) is 13.8 Å². The molecule has 0 spiro atoms. The van der Waals surface area contributed by atoms with Gasteiger partial charge in [0.1, 0.15) is 6.04 Å². The summed E-state index contributed by atoms with van der Waals surface area (Å²) in [5, 5.41) is 14.1. The van der Waals surface area contributed by atoms with Crippen molar-refractivity contribution >= 4 is 29.4 Å². The lowest BCUT2D eigenvalue weighted by Crippen LogP contribution is -2.58. The highest BCUT2D eigenvalue weighted by atomic mass is 16.4. The molecule has 0 aromatic heterocycles. The Morgan fingerprint density at radius 2 is 2.00 bits per heavy atom. The van der Waals surface area contributed by atoms with Crippen molar-refractivity contribution in [2.75, 3.05) is 18.4 Å². The molecular weight excluding hydrogens is 338 g/mol. The van der Waals surface area contributed by atoms with E-state index in [2.05, 4.69) is 10.6 Å². The standard InChI is InChI=1S/C18H23N3O5/c1-11-3-4-13(12(2)9-11)20-15(22)10-14-18(26)19-7-8-21(14)16(23)5-6-17(24)25/h3-4,9,14H,5-8,10H2,1-2H3,(H,19,26)(H,20,22)(H,24,25)/t14-/m1/s1. The van der Waals surface area contributed by atoms with Gasteiger partial charge < -0.3 is 20.6 Å². The molecule has 0 bridgehead atoms. The molecule has 0 saturated carbocycles. The number of amides is 3. The summed E-state index contributed by atoms with van der Waals surface area (Å²) in [6, 6.07) is 4.66. The number of benzene rings is 1. The molecule has 140 valence electrons. The summed E-state index contributed by atoms with van der Waals surface area (Å²) in [6.45, 7) is 4.36. The molecule has 26 heavy (non-hydrogen) atoms. The summed E-state index contributed by atoms with van der Waals surface area (Å²) < 4.78 is 0. The molecule has 0 unspecified atom stereocenters. The Kier molecular flexibility index (Phi) is 6.32. The lowest BCUT2D eigenvalue weighted by Gasteiger charge is -2.34. The van der Waals surface area contributed by atoms with E-state index in [1.807, 2.05) is 26.0 Å². The van der Waals surface area contributed by atoms with Crippen molar-refractivity contribution in [2.24, 2.45) is 0 Å². The van der Waals surface area contributed by atoms with E-state index in [-0.39, 0.29) is 38.3 Å². The number of carbonyl (C=O) groups excluding carboxylic acids is 3. The van der Waals surface area contributed by atoms with E-state index in [1.54, 1.807) is 6.07 Å². The smallest absolute Gasteiger partial charge is 0.303 e. The number of carboxylic acids is 1. The van der Waals surface area contributed by atoms with Crippen molar-refractivity contribution < 1.29 is 24.3 Å². The second-order valence-corrected chi connectivity index (χ2v) is 6.36. The van der Waals surface area contributed by atoms with Crippen LogP contribution in [0.5, 0.6) is 0 Å². The third kappa shape index (κ3) is 5.05. The lowest BCUT2D eigenvalue weighted by molar-refractivity contribution is -0.146. The molecule has 1 aromatic rings. The molecule has 3 amide bonds. The second-order valence-electron chi connectivity index (χ2n) is 6.36. The molecular formula is C18H23N3O5. The van der Waals surface area contributed by atoms with Gasteiger partial charge in [-0.25, -0.2) is 0 Å². The number of aryl methyl sites for hydroxylation is 2. The van der Waals surface area contributed by atoms with Crippen LogP contribution in [0.2, 0.25) is 0 Å². The topological polar surface area (TPSA) is 116 Å². The van der Waals surface area contributed by atoms with Gasteiger partial charge in [0.25, 0.3) is 0 Å². The van der Waals surface area contributed by atoms with E-state index in [4.69, 9.17) is 5.11 Å². The maximum atomic E-state index is 12.4. The highest BCUT2D eigenvalue weighted by Crippen LogP contribution is 2.18. The zero-order valence-electron chi connectivity index (χ0n) is 14.9. The maximum absolute atomic E-state index is 12.4. The molecule has 0 aliphatic carbocycles. The summed E-state index contributed by atoms with van der Waals surface area (Å²) in [5.74, 6) is -2.30. The van der Waals surface area contributed by atoms with Gasteiger partial charge in [-0.2, -0.15) is 0 Å². The average Bonchev–Trinajstić information content (AvgIpc) is 2.57. The molecule has 1 aliphatic rings. The van der Waals surface area contributed by atoms with Crippen LogP contribution in [0.1, 0.15) is 30.4 Å². The van der Waals surface area contributed by atoms with Crippen molar-refractivity contribution in [2.45, 2.75) is 39.2 Å². The summed E-state index contributed by atoms with van der Waals surface area (Å²) in [6.07, 6.45) is -0.686. The van der Waals surface area contributed by atoms with Gasteiger partial charge in [-0.15, -0.1) is 0 Å². The molecule has 1 heterocycles. The van der Waals surface area contributed by atoms with Crippen molar-refractivity contribution in [1.29, 1.82) is 0 Å². The predicted octanol–water partition coefficient (Wildman–Crippen LogP) is 0.824. The molecule has 1 aromatic carbocycles. The van der Waals surface area contributed by atoms with E-state index in [1.165, 1.54) is 4.90 Å². The van der Waals surface area contributed by atoms with Gasteiger partial charge in [0.15, 0.2) is 0 Å². The Balaban J connectivity index is 2.05. The third-order valence-electron chi connectivity index (χ3n) is 4.24. The molecule has 1 saturated heterocycles. The first-order valence-electron chi connectivity index (χ1n) is 8.44. The first-order chi connectivity index (χ1) is 12.3. The number of aliphatic carboxylic acids is 1. The van der Waals surface area contributed by atoms with Crippen LogP contribution in [0.15, 0.2) is 18.2 Å². The first-order valence-corrected chi connectivity index (χ1v) is 8.44. The summed E-state index contributed by atoms with van der Waals surface area (Å²) in [5.41, 5.74) is 2.63. The van der Waals surface area contributed by atoms with Gasteiger partial charge >= 0.3 is 5.97 Å². The molecule has 8 heteroatoms. The van der Waals surface area contributed by atoms with Crippen LogP contribution < -0.4 is 10.6 Å². The van der Waals surface area contributed by atoms with Crippen LogP contribution in [0.3, 0.4) is 0 Å². The quantitative estimate of drug-likeness (QED) is 0.694. The number of rotatable bonds is 6. The van der Waals surface area contributed by atoms with E-state index in [0.717, 1.165) is 11.1 Å². The number of anilines is 1. The van der Waals surface area contributed by atoms with Crippen molar-refractivity contribution in [3.8, 4) is 0 Å². The van der Waals surface area contributed by atoms with Gasteiger partial charge in [-0.3, -0.25) is 19.2 Å². The van der Waals surface area contributed by atoms with E-state index < -0.39 is 23.8 Å². The fraction of sp³-hybridized carbons (Fsp3) is 0.444. The van der Waals surface area contributed by atoms with Crippen molar-refractivity contribution in [3.05, 3.63) is 29.3 Å². The highest BCUT2D eigenvalue weighted by Gasteiger charge is 2.34. The number of carbonyl (C=O) groups is 4. The van der Waals surface area contributed by atoms with Crippen molar-refractivity contribution in [3.63, 3.8) is 0 Å². The van der Waals surface area contributed by atoms with Gasteiger partial charge in [-0.05, 0) is 25.5 Å². The normalized spacial score (nSPS) is 16.8. The van der Waals surface area contributed by atoms with E-state index >= 15 is 0 Å². The molecule has 3 N–H and O–H groups in total. The van der Waals surface area contributed by atoms with Gasteiger partial charge in [-0.1, -0.05) is 17.7 Å². The lowest BCUT2D eigenvalue weighted by atomic mass is 10.1. The highest BCUT2D eigenvalue weighted by molar-refractivity contribution is 5.98. The van der Waals surface area contributed by atoms with Crippen LogP contribution in [0.4, 0.5) is 5.69 Å². The SMILES string of the molecule is Cc1ccc(NC(=O)C[C@@H]2C(=O)NCCN2C(=O)CCC(=O)O)c(C)c1. The third-order valence-corrected chi connectivity index (χ3v) is 4.24. The summed E-state index contributed by atoms with van der Waals surface area (Å²) in [7, 11) is 0. The minimum absolute atomic E-state index is 0.183. The number of hydrogen-bond donors (Lipinski definition) is 3. The van der Waals surface area contributed by atoms with Crippen LogP contribution >= 0.6 is 0 Å². The summed E-state index contributed by atoms with van der Waals surface area (Å²) in [4.78, 5) is 48.7. The van der Waals surface area contributed by atoms with Gasteiger partial charge in [0.05, 0.1) is 12.8 Å². The molecule has 8 nitrogen and oxygen atoms in total. The number of nitrogens with zero attached hydrogens (tertiary/aromatic N) is 1. The van der Waals surface area contributed by atoms with Crippen LogP contribution in [-0.4, -0.2) is 52.8 Å². The fourth-order valence-electron chi connectivity index (χ4n) is 2.90. The number of hydrogen-bond acceptors (Lipinski definition) is 4. The Morgan fingerprint density at radius 3 is 2.65 bits per heavy atom. The zero-order valence-corrected chi connectivity index (χ0v) is 14.9. The van der Waals surface area contributed by atoms with Crippen molar-refractivity contribution in [1.82, 2.24) is 10.2 Å². The van der Waals surface area contributed by atoms with Crippen LogP contribution in [0.25, 0.3) is 0 Å². The number of piperazine rings is 1. The maximum Gasteiger partial charge on any atom is 0.303 e. The Labute approximate surface area is 151 Å². The molecule has 1 atom stereocenters. The largest absolute Gasteiger partial charge is 0.481 e. The predicted molar refractivity (Wildman–Crippen MR) is 94.5 cm³/mol. The number of nitrogens with one attached hydrogen (secondary N) is 2. The van der Waals surface area contributed by atoms with Gasteiger partial charge in [0.2, 0.25) is 17.7 Å². The second kappa shape index (κ2) is 8.46. The van der Waals surface area contributed by atoms with Gasteiger partial charge in [0, 0.05) is 25.2 Å².